The van der Waals surface area contributed by atoms with Crippen molar-refractivity contribution in [3.8, 4) is 0 Å². The zero-order chi connectivity index (χ0) is 14.0. The van der Waals surface area contributed by atoms with Crippen molar-refractivity contribution in [3.05, 3.63) is 34.9 Å². The molecule has 0 amide bonds. The van der Waals surface area contributed by atoms with Gasteiger partial charge >= 0.3 is 0 Å². The van der Waals surface area contributed by atoms with Crippen molar-refractivity contribution in [2.75, 3.05) is 5.75 Å². The van der Waals surface area contributed by atoms with Crippen molar-refractivity contribution in [1.82, 2.24) is 5.32 Å². The number of hydrogen-bond donors (Lipinski definition) is 1. The van der Waals surface area contributed by atoms with E-state index in [0.717, 1.165) is 22.7 Å². The van der Waals surface area contributed by atoms with Crippen LogP contribution in [0.2, 0.25) is 5.02 Å². The Kier molecular flexibility index (Phi) is 4.27. The summed E-state index contributed by atoms with van der Waals surface area (Å²) in [5.74, 6) is 2.02. The van der Waals surface area contributed by atoms with E-state index in [1.807, 2.05) is 36.0 Å². The van der Waals surface area contributed by atoms with E-state index in [1.165, 1.54) is 37.0 Å². The average molecular weight is 309 g/mol. The Hall–Kier alpha value is -0.670. The van der Waals surface area contributed by atoms with Gasteiger partial charge in [-0.25, -0.2) is 0 Å². The van der Waals surface area contributed by atoms with Crippen LogP contribution in [0.1, 0.15) is 38.2 Å². The highest BCUT2D eigenvalue weighted by Crippen LogP contribution is 2.38. The molecule has 20 heavy (non-hydrogen) atoms. The second kappa shape index (κ2) is 5.98. The van der Waals surface area contributed by atoms with Crippen molar-refractivity contribution in [2.45, 2.75) is 44.7 Å². The lowest BCUT2D eigenvalue weighted by molar-refractivity contribution is 0.242. The number of halogens is 1. The minimum absolute atomic E-state index is 0.321. The van der Waals surface area contributed by atoms with Crippen molar-refractivity contribution in [2.24, 2.45) is 10.9 Å². The Bertz CT molecular complexity index is 500. The molecule has 3 rings (SSSR count). The van der Waals surface area contributed by atoms with Gasteiger partial charge in [0, 0.05) is 16.3 Å². The van der Waals surface area contributed by atoms with Crippen LogP contribution in [-0.2, 0) is 6.54 Å². The van der Waals surface area contributed by atoms with Gasteiger partial charge in [0.15, 0.2) is 5.17 Å². The molecule has 2 aliphatic rings. The Morgan fingerprint density at radius 3 is 2.95 bits per heavy atom. The number of nitrogens with zero attached hydrogens (tertiary/aromatic N) is 1. The van der Waals surface area contributed by atoms with Gasteiger partial charge in [-0.2, -0.15) is 0 Å². The molecule has 2 nitrogen and oxygen atoms in total. The minimum Gasteiger partial charge on any atom is -0.359 e. The molecule has 1 aliphatic heterocycles. The van der Waals surface area contributed by atoms with E-state index in [4.69, 9.17) is 16.6 Å². The van der Waals surface area contributed by atoms with Gasteiger partial charge in [0.25, 0.3) is 0 Å². The summed E-state index contributed by atoms with van der Waals surface area (Å²) in [6.45, 7) is 3.11. The molecule has 1 N–H and O–H groups in total. The third-order valence-electron chi connectivity index (χ3n) is 4.27. The zero-order valence-electron chi connectivity index (χ0n) is 11.9. The second-order valence-corrected chi connectivity index (χ2v) is 7.54. The van der Waals surface area contributed by atoms with Crippen LogP contribution in [0.25, 0.3) is 0 Å². The average Bonchev–Trinajstić information content (AvgIpc) is 2.81. The largest absolute Gasteiger partial charge is 0.359 e. The lowest BCUT2D eigenvalue weighted by Gasteiger charge is -2.36. The van der Waals surface area contributed by atoms with Crippen LogP contribution in [0.3, 0.4) is 0 Å². The molecule has 0 radical (unpaired) electrons. The Morgan fingerprint density at radius 2 is 2.20 bits per heavy atom. The van der Waals surface area contributed by atoms with Gasteiger partial charge in [0.2, 0.25) is 0 Å². The van der Waals surface area contributed by atoms with E-state index in [9.17, 15) is 0 Å². The van der Waals surface area contributed by atoms with E-state index >= 15 is 0 Å². The first kappa shape index (κ1) is 14.3. The summed E-state index contributed by atoms with van der Waals surface area (Å²) in [6, 6.07) is 7.95. The molecule has 4 heteroatoms. The standard InChI is InChI=1S/C16H21ClN2S/c1-12-3-2-8-16(9-12)11-20-15(19-16)18-10-13-4-6-14(17)7-5-13/h4-7,12H,2-3,8-11H2,1H3,(H,18,19). The van der Waals surface area contributed by atoms with Crippen LogP contribution in [0.5, 0.6) is 0 Å². The molecule has 108 valence electrons. The maximum atomic E-state index is 5.90. The minimum atomic E-state index is 0.321. The third-order valence-corrected chi connectivity index (χ3v) is 5.72. The number of aliphatic imine (C=N–C) groups is 1. The van der Waals surface area contributed by atoms with Crippen molar-refractivity contribution in [1.29, 1.82) is 0 Å². The molecule has 2 atom stereocenters. The van der Waals surface area contributed by atoms with Gasteiger partial charge in [0.1, 0.15) is 0 Å². The van der Waals surface area contributed by atoms with Crippen molar-refractivity contribution in [3.63, 3.8) is 0 Å². The molecule has 1 saturated carbocycles. The lowest BCUT2D eigenvalue weighted by atomic mass is 9.78. The van der Waals surface area contributed by atoms with Crippen LogP contribution in [-0.4, -0.2) is 16.5 Å². The molecule has 1 spiro atoms. The highest BCUT2D eigenvalue weighted by molar-refractivity contribution is 8.14. The van der Waals surface area contributed by atoms with Crippen LogP contribution < -0.4 is 5.32 Å². The molecule has 1 saturated heterocycles. The first-order chi connectivity index (χ1) is 9.65. The fourth-order valence-corrected chi connectivity index (χ4v) is 4.57. The smallest absolute Gasteiger partial charge is 0.157 e. The van der Waals surface area contributed by atoms with E-state index in [0.29, 0.717) is 5.54 Å². The number of amidine groups is 1. The monoisotopic (exact) mass is 308 g/mol. The van der Waals surface area contributed by atoms with Crippen LogP contribution in [0.4, 0.5) is 0 Å². The van der Waals surface area contributed by atoms with E-state index < -0.39 is 0 Å². The predicted octanol–water partition coefficient (Wildman–Crippen LogP) is 4.48. The van der Waals surface area contributed by atoms with Gasteiger partial charge < -0.3 is 5.32 Å². The zero-order valence-corrected chi connectivity index (χ0v) is 13.4. The number of thioether (sulfide) groups is 1. The SMILES string of the molecule is CC1CCCC2(CSC(=NCc3ccc(Cl)cc3)N2)C1. The molecule has 2 unspecified atom stereocenters. The Labute approximate surface area is 130 Å². The number of rotatable bonds is 2. The summed E-state index contributed by atoms with van der Waals surface area (Å²) in [5.41, 5.74) is 1.53. The van der Waals surface area contributed by atoms with E-state index in [-0.39, 0.29) is 0 Å². The summed E-state index contributed by atoms with van der Waals surface area (Å²) >= 11 is 7.78. The first-order valence-corrected chi connectivity index (χ1v) is 8.71. The molecule has 0 bridgehead atoms. The highest BCUT2D eigenvalue weighted by Gasteiger charge is 2.40. The fraction of sp³-hybridized carbons (Fsp3) is 0.562. The molecule has 2 fully saturated rings. The number of hydrogen-bond acceptors (Lipinski definition) is 2. The molecular formula is C16H21ClN2S. The summed E-state index contributed by atoms with van der Waals surface area (Å²) < 4.78 is 0. The normalized spacial score (nSPS) is 31.7. The fourth-order valence-electron chi connectivity index (χ4n) is 3.25. The van der Waals surface area contributed by atoms with Gasteiger partial charge in [-0.15, -0.1) is 0 Å². The van der Waals surface area contributed by atoms with Crippen molar-refractivity contribution < 1.29 is 0 Å². The first-order valence-electron chi connectivity index (χ1n) is 7.35. The summed E-state index contributed by atoms with van der Waals surface area (Å²) in [5, 5.41) is 5.61. The predicted molar refractivity (Wildman–Crippen MR) is 88.5 cm³/mol. The Balaban J connectivity index is 1.61. The van der Waals surface area contributed by atoms with E-state index in [1.54, 1.807) is 0 Å². The number of benzene rings is 1. The number of nitrogens with one attached hydrogen (secondary N) is 1. The van der Waals surface area contributed by atoms with Gasteiger partial charge in [-0.3, -0.25) is 4.99 Å². The van der Waals surface area contributed by atoms with Crippen LogP contribution in [0, 0.1) is 5.92 Å². The van der Waals surface area contributed by atoms with Crippen molar-refractivity contribution >= 4 is 28.5 Å². The molecule has 0 aromatic heterocycles. The second-order valence-electron chi connectivity index (χ2n) is 6.14. The van der Waals surface area contributed by atoms with Crippen LogP contribution in [0.15, 0.2) is 29.3 Å². The quantitative estimate of drug-likeness (QED) is 0.871. The van der Waals surface area contributed by atoms with Crippen LogP contribution >= 0.6 is 23.4 Å². The molecular weight excluding hydrogens is 288 g/mol. The van der Waals surface area contributed by atoms with Gasteiger partial charge in [-0.1, -0.05) is 55.3 Å². The molecule has 1 aromatic carbocycles. The molecule has 1 aromatic rings. The third kappa shape index (κ3) is 3.32. The van der Waals surface area contributed by atoms with Gasteiger partial charge in [0.05, 0.1) is 6.54 Å². The van der Waals surface area contributed by atoms with Gasteiger partial charge in [-0.05, 0) is 36.5 Å². The molecule has 1 aliphatic carbocycles. The lowest BCUT2D eigenvalue weighted by Crippen LogP contribution is -2.47. The topological polar surface area (TPSA) is 24.4 Å². The maximum Gasteiger partial charge on any atom is 0.157 e. The maximum absolute atomic E-state index is 5.90. The molecule has 1 heterocycles. The highest BCUT2D eigenvalue weighted by atomic mass is 35.5. The van der Waals surface area contributed by atoms with E-state index in [2.05, 4.69) is 12.2 Å². The summed E-state index contributed by atoms with van der Waals surface area (Å²) in [7, 11) is 0. The summed E-state index contributed by atoms with van der Waals surface area (Å²) in [4.78, 5) is 4.72. The summed E-state index contributed by atoms with van der Waals surface area (Å²) in [6.07, 6.45) is 5.31. The Morgan fingerprint density at radius 1 is 1.40 bits per heavy atom.